The molecule has 0 unspecified atom stereocenters. The molecule has 0 aliphatic carbocycles. The lowest BCUT2D eigenvalue weighted by molar-refractivity contribution is 0.449. The van der Waals surface area contributed by atoms with Gasteiger partial charge in [-0.1, -0.05) is 6.92 Å². The molecule has 0 bridgehead atoms. The van der Waals surface area contributed by atoms with Crippen LogP contribution >= 0.6 is 15.9 Å². The first-order chi connectivity index (χ1) is 8.95. The Morgan fingerprint density at radius 2 is 1.79 bits per heavy atom. The van der Waals surface area contributed by atoms with Gasteiger partial charge in [0.25, 0.3) is 0 Å². The van der Waals surface area contributed by atoms with Crippen molar-refractivity contribution in [2.75, 3.05) is 0 Å². The van der Waals surface area contributed by atoms with Gasteiger partial charge >= 0.3 is 0 Å². The Labute approximate surface area is 117 Å². The fraction of sp³-hybridized carbons (Fsp3) is 0.214. The Morgan fingerprint density at radius 3 is 2.42 bits per heavy atom. The van der Waals surface area contributed by atoms with Gasteiger partial charge in [-0.05, 0) is 58.6 Å². The van der Waals surface area contributed by atoms with Crippen molar-refractivity contribution in [2.45, 2.75) is 20.3 Å². The fourth-order valence-electron chi connectivity index (χ4n) is 1.97. The van der Waals surface area contributed by atoms with Gasteiger partial charge in [0, 0.05) is 11.3 Å². The van der Waals surface area contributed by atoms with Crippen molar-refractivity contribution < 1.29 is 13.2 Å². The van der Waals surface area contributed by atoms with E-state index in [1.54, 1.807) is 13.0 Å². The van der Waals surface area contributed by atoms with Gasteiger partial charge in [-0.2, -0.15) is 0 Å². The van der Waals surface area contributed by atoms with E-state index in [4.69, 9.17) is 0 Å². The SMILES string of the molecule is CCc1c(-c2ccc(F)c(F)c2F)cc(C)nc1Br. The lowest BCUT2D eigenvalue weighted by atomic mass is 9.98. The van der Waals surface area contributed by atoms with Crippen molar-refractivity contribution in [1.29, 1.82) is 0 Å². The Kier molecular flexibility index (Phi) is 3.94. The third kappa shape index (κ3) is 2.52. The first kappa shape index (κ1) is 14.1. The molecule has 5 heteroatoms. The average Bonchev–Trinajstić information content (AvgIpc) is 2.35. The number of hydrogen-bond acceptors (Lipinski definition) is 1. The zero-order valence-electron chi connectivity index (χ0n) is 10.4. The van der Waals surface area contributed by atoms with E-state index >= 15 is 0 Å². The molecule has 1 aromatic carbocycles. The number of rotatable bonds is 2. The molecule has 2 aromatic rings. The van der Waals surface area contributed by atoms with Crippen molar-refractivity contribution in [3.05, 3.63) is 51.5 Å². The molecular formula is C14H11BrF3N. The smallest absolute Gasteiger partial charge is 0.195 e. The summed E-state index contributed by atoms with van der Waals surface area (Å²) in [4.78, 5) is 4.23. The van der Waals surface area contributed by atoms with Gasteiger partial charge in [0.05, 0.1) is 0 Å². The molecule has 0 atom stereocenters. The summed E-state index contributed by atoms with van der Waals surface area (Å²) in [6, 6.07) is 3.84. The van der Waals surface area contributed by atoms with Crippen LogP contribution in [0.4, 0.5) is 13.2 Å². The highest BCUT2D eigenvalue weighted by molar-refractivity contribution is 9.10. The van der Waals surface area contributed by atoms with E-state index in [1.807, 2.05) is 6.92 Å². The Hall–Kier alpha value is -1.36. The normalized spacial score (nSPS) is 10.8. The predicted octanol–water partition coefficient (Wildman–Crippen LogP) is 4.80. The lowest BCUT2D eigenvalue weighted by Gasteiger charge is -2.12. The van der Waals surface area contributed by atoms with E-state index in [2.05, 4.69) is 20.9 Å². The second-order valence-electron chi connectivity index (χ2n) is 4.16. The molecule has 100 valence electrons. The third-order valence-corrected chi connectivity index (χ3v) is 3.54. The zero-order valence-corrected chi connectivity index (χ0v) is 12.0. The van der Waals surface area contributed by atoms with Gasteiger partial charge in [-0.15, -0.1) is 0 Å². The van der Waals surface area contributed by atoms with Crippen LogP contribution in [0.1, 0.15) is 18.2 Å². The average molecular weight is 330 g/mol. The fourth-order valence-corrected chi connectivity index (χ4v) is 2.75. The molecular weight excluding hydrogens is 319 g/mol. The topological polar surface area (TPSA) is 12.9 Å². The first-order valence-corrected chi connectivity index (χ1v) is 6.54. The summed E-state index contributed by atoms with van der Waals surface area (Å²) in [6.07, 6.45) is 0.599. The zero-order chi connectivity index (χ0) is 14.2. The van der Waals surface area contributed by atoms with Crippen LogP contribution in [0.2, 0.25) is 0 Å². The molecule has 0 N–H and O–H groups in total. The minimum Gasteiger partial charge on any atom is -0.246 e. The number of aryl methyl sites for hydroxylation is 1. The van der Waals surface area contributed by atoms with E-state index in [1.165, 1.54) is 6.07 Å². The minimum absolute atomic E-state index is 0.0435. The Bertz CT molecular complexity index is 641. The van der Waals surface area contributed by atoms with Gasteiger partial charge in [0.1, 0.15) is 4.60 Å². The molecule has 0 radical (unpaired) electrons. The van der Waals surface area contributed by atoms with Crippen LogP contribution in [0, 0.1) is 24.4 Å². The van der Waals surface area contributed by atoms with E-state index in [9.17, 15) is 13.2 Å². The number of nitrogens with zero attached hydrogens (tertiary/aromatic N) is 1. The Balaban J connectivity index is 2.75. The minimum atomic E-state index is -1.45. The largest absolute Gasteiger partial charge is 0.246 e. The van der Waals surface area contributed by atoms with E-state index in [0.717, 1.165) is 11.6 Å². The molecule has 0 fully saturated rings. The summed E-state index contributed by atoms with van der Waals surface area (Å²) >= 11 is 3.31. The van der Waals surface area contributed by atoms with Crippen LogP contribution in [-0.2, 0) is 6.42 Å². The van der Waals surface area contributed by atoms with Gasteiger partial charge < -0.3 is 0 Å². The number of aromatic nitrogens is 1. The summed E-state index contributed by atoms with van der Waals surface area (Å²) in [6.45, 7) is 3.64. The predicted molar refractivity (Wildman–Crippen MR) is 71.4 cm³/mol. The second kappa shape index (κ2) is 5.33. The van der Waals surface area contributed by atoms with E-state index in [-0.39, 0.29) is 5.56 Å². The van der Waals surface area contributed by atoms with Crippen LogP contribution in [-0.4, -0.2) is 4.98 Å². The molecule has 1 nitrogen and oxygen atoms in total. The highest BCUT2D eigenvalue weighted by Crippen LogP contribution is 2.32. The van der Waals surface area contributed by atoms with E-state index in [0.29, 0.717) is 22.3 Å². The summed E-state index contributed by atoms with van der Waals surface area (Å²) in [5, 5.41) is 0. The highest BCUT2D eigenvalue weighted by atomic mass is 79.9. The maximum absolute atomic E-state index is 13.9. The maximum Gasteiger partial charge on any atom is 0.195 e. The molecule has 2 rings (SSSR count). The highest BCUT2D eigenvalue weighted by Gasteiger charge is 2.18. The Morgan fingerprint density at radius 1 is 1.11 bits per heavy atom. The van der Waals surface area contributed by atoms with Crippen LogP contribution in [0.3, 0.4) is 0 Å². The molecule has 19 heavy (non-hydrogen) atoms. The molecule has 1 heterocycles. The van der Waals surface area contributed by atoms with Crippen molar-refractivity contribution >= 4 is 15.9 Å². The van der Waals surface area contributed by atoms with Gasteiger partial charge in [0.15, 0.2) is 17.5 Å². The van der Waals surface area contributed by atoms with E-state index < -0.39 is 17.5 Å². The van der Waals surface area contributed by atoms with Crippen LogP contribution in [0.5, 0.6) is 0 Å². The quantitative estimate of drug-likeness (QED) is 0.569. The standard InChI is InChI=1S/C14H11BrF3N/c1-3-8-10(6-7(2)19-14(8)15)9-4-5-11(16)13(18)12(9)17/h4-6H,3H2,1-2H3. The monoisotopic (exact) mass is 329 g/mol. The van der Waals surface area contributed by atoms with Crippen molar-refractivity contribution in [3.8, 4) is 11.1 Å². The maximum atomic E-state index is 13.9. The molecule has 0 aliphatic rings. The molecule has 0 saturated heterocycles. The summed E-state index contributed by atoms with van der Waals surface area (Å²) in [5.41, 5.74) is 2.00. The summed E-state index contributed by atoms with van der Waals surface area (Å²) in [5.74, 6) is -3.82. The van der Waals surface area contributed by atoms with Gasteiger partial charge in [-0.3, -0.25) is 0 Å². The molecule has 0 saturated carbocycles. The number of pyridine rings is 1. The lowest BCUT2D eigenvalue weighted by Crippen LogP contribution is -1.99. The molecule has 0 spiro atoms. The summed E-state index contributed by atoms with van der Waals surface area (Å²) < 4.78 is 40.8. The van der Waals surface area contributed by atoms with Crippen LogP contribution in [0.15, 0.2) is 22.8 Å². The molecule has 0 amide bonds. The molecule has 1 aromatic heterocycles. The molecule has 0 aliphatic heterocycles. The number of benzene rings is 1. The van der Waals surface area contributed by atoms with Gasteiger partial charge in [-0.25, -0.2) is 18.2 Å². The third-order valence-electron chi connectivity index (χ3n) is 2.88. The summed E-state index contributed by atoms with van der Waals surface area (Å²) in [7, 11) is 0. The van der Waals surface area contributed by atoms with Crippen molar-refractivity contribution in [2.24, 2.45) is 0 Å². The van der Waals surface area contributed by atoms with Crippen molar-refractivity contribution in [1.82, 2.24) is 4.98 Å². The van der Waals surface area contributed by atoms with Gasteiger partial charge in [0.2, 0.25) is 0 Å². The second-order valence-corrected chi connectivity index (χ2v) is 4.91. The number of halogens is 4. The van der Waals surface area contributed by atoms with Crippen molar-refractivity contribution in [3.63, 3.8) is 0 Å². The van der Waals surface area contributed by atoms with Crippen LogP contribution in [0.25, 0.3) is 11.1 Å². The number of hydrogen-bond donors (Lipinski definition) is 0. The van der Waals surface area contributed by atoms with Crippen LogP contribution < -0.4 is 0 Å². The first-order valence-electron chi connectivity index (χ1n) is 5.75.